The van der Waals surface area contributed by atoms with Gasteiger partial charge >= 0.3 is 0 Å². The van der Waals surface area contributed by atoms with Gasteiger partial charge in [0, 0.05) is 23.8 Å². The molecule has 0 aliphatic rings. The highest BCUT2D eigenvalue weighted by atomic mass is 15.2. The molecule has 4 aromatic rings. The van der Waals surface area contributed by atoms with Crippen molar-refractivity contribution in [2.75, 3.05) is 23.7 Å². The summed E-state index contributed by atoms with van der Waals surface area (Å²) in [4.78, 5) is 12.4. The van der Waals surface area contributed by atoms with Crippen LogP contribution in [0.5, 0.6) is 0 Å². The van der Waals surface area contributed by atoms with Gasteiger partial charge in [-0.15, -0.1) is 0 Å². The Morgan fingerprint density at radius 2 is 2.08 bits per heavy atom. The summed E-state index contributed by atoms with van der Waals surface area (Å²) >= 11 is 0. The molecule has 134 valence electrons. The number of H-pyrrole nitrogens is 2. The van der Waals surface area contributed by atoms with Crippen molar-refractivity contribution >= 4 is 39.4 Å². The standard InChI is InChI=1S/C18H22N8/c1-18(2,9-19)10-21-16-13-5-6-20-15(13)24-17(25-16)23-12-4-3-11-8-22-26-14(11)7-12/h3-8H,9-10,19H2,1-2H3,(H,22,26)(H3,20,21,23,24,25). The Bertz CT molecular complexity index is 1050. The Balaban J connectivity index is 1.64. The first-order valence-electron chi connectivity index (χ1n) is 8.53. The van der Waals surface area contributed by atoms with Crippen LogP contribution in [0.4, 0.5) is 17.5 Å². The van der Waals surface area contributed by atoms with Crippen molar-refractivity contribution in [2.24, 2.45) is 11.1 Å². The van der Waals surface area contributed by atoms with Gasteiger partial charge in [0.05, 0.1) is 17.1 Å². The average molecular weight is 350 g/mol. The van der Waals surface area contributed by atoms with E-state index in [1.165, 1.54) is 0 Å². The summed E-state index contributed by atoms with van der Waals surface area (Å²) in [5, 5.41) is 15.7. The first-order chi connectivity index (χ1) is 12.5. The largest absolute Gasteiger partial charge is 0.369 e. The van der Waals surface area contributed by atoms with Gasteiger partial charge in [-0.25, -0.2) is 0 Å². The summed E-state index contributed by atoms with van der Waals surface area (Å²) in [5.74, 6) is 1.30. The molecule has 26 heavy (non-hydrogen) atoms. The van der Waals surface area contributed by atoms with Crippen LogP contribution >= 0.6 is 0 Å². The van der Waals surface area contributed by atoms with Gasteiger partial charge in [0.15, 0.2) is 0 Å². The molecule has 6 N–H and O–H groups in total. The predicted octanol–water partition coefficient (Wildman–Crippen LogP) is 2.97. The average Bonchev–Trinajstić information content (AvgIpc) is 3.28. The first-order valence-corrected chi connectivity index (χ1v) is 8.53. The summed E-state index contributed by atoms with van der Waals surface area (Å²) in [6, 6.07) is 7.92. The number of fused-ring (bicyclic) bond motifs is 2. The second kappa shape index (κ2) is 6.30. The molecular weight excluding hydrogens is 328 g/mol. The van der Waals surface area contributed by atoms with Crippen LogP contribution in [0, 0.1) is 5.41 Å². The Hall–Kier alpha value is -3.13. The van der Waals surface area contributed by atoms with Crippen LogP contribution in [0.2, 0.25) is 0 Å². The maximum Gasteiger partial charge on any atom is 0.231 e. The number of nitrogens with one attached hydrogen (secondary N) is 4. The van der Waals surface area contributed by atoms with Gasteiger partial charge in [-0.1, -0.05) is 13.8 Å². The van der Waals surface area contributed by atoms with Crippen LogP contribution in [-0.4, -0.2) is 38.2 Å². The second-order valence-electron chi connectivity index (χ2n) is 7.15. The molecule has 0 unspecified atom stereocenters. The Morgan fingerprint density at radius 1 is 1.19 bits per heavy atom. The fraction of sp³-hybridized carbons (Fsp3) is 0.278. The lowest BCUT2D eigenvalue weighted by molar-refractivity contribution is 0.405. The number of rotatable bonds is 6. The van der Waals surface area contributed by atoms with Crippen LogP contribution < -0.4 is 16.4 Å². The molecule has 3 heterocycles. The molecule has 8 nitrogen and oxygen atoms in total. The fourth-order valence-corrected chi connectivity index (χ4v) is 2.67. The predicted molar refractivity (Wildman–Crippen MR) is 105 cm³/mol. The normalized spacial score (nSPS) is 12.0. The van der Waals surface area contributed by atoms with Gasteiger partial charge in [-0.05, 0) is 36.2 Å². The molecule has 0 atom stereocenters. The van der Waals surface area contributed by atoms with Gasteiger partial charge < -0.3 is 21.4 Å². The van der Waals surface area contributed by atoms with Gasteiger partial charge in [0.25, 0.3) is 0 Å². The topological polar surface area (TPSA) is 120 Å². The molecule has 0 aliphatic carbocycles. The lowest BCUT2D eigenvalue weighted by Gasteiger charge is -2.23. The van der Waals surface area contributed by atoms with Gasteiger partial charge in [-0.2, -0.15) is 15.1 Å². The molecule has 0 amide bonds. The zero-order valence-electron chi connectivity index (χ0n) is 14.8. The molecule has 0 spiro atoms. The van der Waals surface area contributed by atoms with Crippen LogP contribution in [0.1, 0.15) is 13.8 Å². The quantitative estimate of drug-likeness (QED) is 0.365. The molecule has 0 fully saturated rings. The highest BCUT2D eigenvalue weighted by Crippen LogP contribution is 2.25. The summed E-state index contributed by atoms with van der Waals surface area (Å²) in [5.41, 5.74) is 8.43. The van der Waals surface area contributed by atoms with Crippen molar-refractivity contribution in [1.29, 1.82) is 0 Å². The first kappa shape index (κ1) is 16.3. The zero-order valence-corrected chi connectivity index (χ0v) is 14.8. The van der Waals surface area contributed by atoms with E-state index in [2.05, 4.69) is 49.6 Å². The maximum atomic E-state index is 5.83. The van der Waals surface area contributed by atoms with Crippen molar-refractivity contribution in [3.05, 3.63) is 36.7 Å². The summed E-state index contributed by atoms with van der Waals surface area (Å²) in [6.45, 7) is 5.56. The molecule has 0 saturated carbocycles. The van der Waals surface area contributed by atoms with Crippen LogP contribution in [-0.2, 0) is 0 Å². The number of nitrogens with zero attached hydrogens (tertiary/aromatic N) is 3. The van der Waals surface area contributed by atoms with Crippen LogP contribution in [0.15, 0.2) is 36.7 Å². The van der Waals surface area contributed by atoms with Crippen molar-refractivity contribution < 1.29 is 0 Å². The SMILES string of the molecule is CC(C)(CN)CNc1nc(Nc2ccc3cn[nH]c3c2)nc2[nH]ccc12. The molecule has 0 aliphatic heterocycles. The Labute approximate surface area is 150 Å². The minimum Gasteiger partial charge on any atom is -0.369 e. The number of hydrogen-bond donors (Lipinski definition) is 5. The number of nitrogens with two attached hydrogens (primary N) is 1. The van der Waals surface area contributed by atoms with Gasteiger partial charge in [0.2, 0.25) is 5.95 Å². The molecule has 8 heteroatoms. The van der Waals surface area contributed by atoms with Gasteiger partial charge in [0.1, 0.15) is 11.5 Å². The number of benzene rings is 1. The number of aromatic nitrogens is 5. The minimum atomic E-state index is -0.0210. The molecule has 1 aromatic carbocycles. The van der Waals surface area contributed by atoms with Gasteiger partial charge in [-0.3, -0.25) is 5.10 Å². The summed E-state index contributed by atoms with van der Waals surface area (Å²) in [7, 11) is 0. The highest BCUT2D eigenvalue weighted by Gasteiger charge is 2.17. The Morgan fingerprint density at radius 3 is 2.92 bits per heavy atom. The number of aromatic amines is 2. The molecular formula is C18H22N8. The van der Waals surface area contributed by atoms with E-state index in [0.29, 0.717) is 12.5 Å². The number of anilines is 3. The third kappa shape index (κ3) is 3.18. The molecule has 0 radical (unpaired) electrons. The molecule has 3 aromatic heterocycles. The molecule has 0 bridgehead atoms. The highest BCUT2D eigenvalue weighted by molar-refractivity contribution is 5.89. The van der Waals surface area contributed by atoms with Crippen LogP contribution in [0.3, 0.4) is 0 Å². The third-order valence-electron chi connectivity index (χ3n) is 4.40. The Kier molecular flexibility index (Phi) is 3.96. The monoisotopic (exact) mass is 350 g/mol. The smallest absolute Gasteiger partial charge is 0.231 e. The summed E-state index contributed by atoms with van der Waals surface area (Å²) < 4.78 is 0. The molecule has 0 saturated heterocycles. The third-order valence-corrected chi connectivity index (χ3v) is 4.40. The van der Waals surface area contributed by atoms with E-state index >= 15 is 0 Å². The van der Waals surface area contributed by atoms with E-state index in [4.69, 9.17) is 5.73 Å². The van der Waals surface area contributed by atoms with E-state index in [-0.39, 0.29) is 5.41 Å². The maximum absolute atomic E-state index is 5.83. The van der Waals surface area contributed by atoms with E-state index in [1.54, 1.807) is 6.20 Å². The van der Waals surface area contributed by atoms with Crippen molar-refractivity contribution in [2.45, 2.75) is 13.8 Å². The zero-order chi connectivity index (χ0) is 18.1. The lowest BCUT2D eigenvalue weighted by Crippen LogP contribution is -2.31. The fourth-order valence-electron chi connectivity index (χ4n) is 2.67. The van der Waals surface area contributed by atoms with E-state index in [1.807, 2.05) is 30.5 Å². The summed E-state index contributed by atoms with van der Waals surface area (Å²) in [6.07, 6.45) is 3.65. The minimum absolute atomic E-state index is 0.0210. The van der Waals surface area contributed by atoms with E-state index < -0.39 is 0 Å². The molecule has 4 rings (SSSR count). The van der Waals surface area contributed by atoms with Crippen molar-refractivity contribution in [3.8, 4) is 0 Å². The van der Waals surface area contributed by atoms with E-state index in [9.17, 15) is 0 Å². The van der Waals surface area contributed by atoms with Crippen molar-refractivity contribution in [1.82, 2.24) is 25.1 Å². The second-order valence-corrected chi connectivity index (χ2v) is 7.15. The number of hydrogen-bond acceptors (Lipinski definition) is 6. The lowest BCUT2D eigenvalue weighted by atomic mass is 9.94. The van der Waals surface area contributed by atoms with Crippen molar-refractivity contribution in [3.63, 3.8) is 0 Å². The van der Waals surface area contributed by atoms with E-state index in [0.717, 1.165) is 40.0 Å². The van der Waals surface area contributed by atoms with Crippen LogP contribution in [0.25, 0.3) is 21.9 Å².